The second-order valence-corrected chi connectivity index (χ2v) is 6.73. The Hall–Kier alpha value is -2.16. The molecule has 2 heterocycles. The fourth-order valence-corrected chi connectivity index (χ4v) is 3.50. The molecule has 0 amide bonds. The number of aliphatic hydroxyl groups excluding tert-OH is 4. The van der Waals surface area contributed by atoms with Gasteiger partial charge in [-0.05, 0) is 34.9 Å². The van der Waals surface area contributed by atoms with Crippen LogP contribution >= 0.6 is 0 Å². The topological polar surface area (TPSA) is 109 Å². The van der Waals surface area contributed by atoms with Gasteiger partial charge in [-0.25, -0.2) is 0 Å². The minimum Gasteiger partial charge on any atom is -0.486 e. The summed E-state index contributed by atoms with van der Waals surface area (Å²) in [6.07, 6.45) is -5.89. The third kappa shape index (κ3) is 3.40. The predicted octanol–water partition coefficient (Wildman–Crippen LogP) is 0.640. The van der Waals surface area contributed by atoms with E-state index >= 15 is 0 Å². The van der Waals surface area contributed by atoms with Crippen LogP contribution in [0, 0.1) is 0 Å². The molecule has 1 saturated heterocycles. The summed E-state index contributed by atoms with van der Waals surface area (Å²) in [5.41, 5.74) is 2.42. The van der Waals surface area contributed by atoms with E-state index in [2.05, 4.69) is 0 Å². The van der Waals surface area contributed by atoms with Crippen molar-refractivity contribution in [3.63, 3.8) is 0 Å². The molecule has 5 atom stereocenters. The van der Waals surface area contributed by atoms with Gasteiger partial charge in [0.05, 0.1) is 6.61 Å². The van der Waals surface area contributed by atoms with Crippen molar-refractivity contribution < 1.29 is 34.6 Å². The predicted molar refractivity (Wildman–Crippen MR) is 95.6 cm³/mol. The maximum absolute atomic E-state index is 10.3. The molecular weight excluding hydrogens is 352 g/mol. The smallest absolute Gasteiger partial charge is 0.161 e. The lowest BCUT2D eigenvalue weighted by atomic mass is 9.90. The van der Waals surface area contributed by atoms with Gasteiger partial charge in [0.15, 0.2) is 11.5 Å². The van der Waals surface area contributed by atoms with Crippen LogP contribution in [0.25, 0.3) is 11.1 Å². The third-order valence-corrected chi connectivity index (χ3v) is 4.98. The van der Waals surface area contributed by atoms with Crippen molar-refractivity contribution in [1.82, 2.24) is 0 Å². The van der Waals surface area contributed by atoms with Gasteiger partial charge in [0, 0.05) is 0 Å². The fourth-order valence-electron chi connectivity index (χ4n) is 3.50. The molecule has 1 fully saturated rings. The summed E-state index contributed by atoms with van der Waals surface area (Å²) < 4.78 is 16.8. The van der Waals surface area contributed by atoms with E-state index in [4.69, 9.17) is 14.2 Å². The van der Waals surface area contributed by atoms with Gasteiger partial charge in [0.1, 0.15) is 43.7 Å². The molecule has 27 heavy (non-hydrogen) atoms. The summed E-state index contributed by atoms with van der Waals surface area (Å²) >= 11 is 0. The first-order valence-electron chi connectivity index (χ1n) is 8.89. The molecule has 0 saturated carbocycles. The van der Waals surface area contributed by atoms with Crippen LogP contribution in [0.2, 0.25) is 0 Å². The van der Waals surface area contributed by atoms with Crippen LogP contribution in [0.15, 0.2) is 42.5 Å². The van der Waals surface area contributed by atoms with Crippen molar-refractivity contribution in [1.29, 1.82) is 0 Å². The first-order chi connectivity index (χ1) is 13.1. The average molecular weight is 374 g/mol. The Labute approximate surface area is 156 Å². The summed E-state index contributed by atoms with van der Waals surface area (Å²) in [6, 6.07) is 13.0. The van der Waals surface area contributed by atoms with Gasteiger partial charge in [0.25, 0.3) is 0 Å². The molecule has 0 bridgehead atoms. The highest BCUT2D eigenvalue weighted by Gasteiger charge is 2.43. The number of rotatable bonds is 3. The normalized spacial score (nSPS) is 30.1. The molecule has 7 heteroatoms. The Balaban J connectivity index is 1.64. The maximum atomic E-state index is 10.3. The van der Waals surface area contributed by atoms with Crippen LogP contribution in [0.3, 0.4) is 0 Å². The SMILES string of the molecule is OCC1OC(c2cccc(-c3ccc4c(c3)OCCO4)c2)C(O)C(O)C1O. The highest BCUT2D eigenvalue weighted by Crippen LogP contribution is 2.37. The van der Waals surface area contributed by atoms with Gasteiger partial charge in [-0.3, -0.25) is 0 Å². The minimum absolute atomic E-state index is 0.455. The molecule has 2 aromatic rings. The van der Waals surface area contributed by atoms with E-state index in [1.165, 1.54) is 0 Å². The van der Waals surface area contributed by atoms with Crippen molar-refractivity contribution in [3.8, 4) is 22.6 Å². The number of hydrogen-bond acceptors (Lipinski definition) is 7. The number of ether oxygens (including phenoxy) is 3. The third-order valence-electron chi connectivity index (χ3n) is 4.98. The lowest BCUT2D eigenvalue weighted by molar-refractivity contribution is -0.231. The molecule has 0 radical (unpaired) electrons. The Morgan fingerprint density at radius 1 is 0.815 bits per heavy atom. The standard InChI is InChI=1S/C20H22O7/c21-10-16-17(22)18(23)19(24)20(27-16)13-3-1-2-11(8-13)12-4-5-14-15(9-12)26-7-6-25-14/h1-5,8-9,16-24H,6-7,10H2. The van der Waals surface area contributed by atoms with Crippen LogP contribution < -0.4 is 9.47 Å². The van der Waals surface area contributed by atoms with Crippen molar-refractivity contribution in [2.24, 2.45) is 0 Å². The molecule has 0 aliphatic carbocycles. The van der Waals surface area contributed by atoms with Crippen molar-refractivity contribution in [2.45, 2.75) is 30.5 Å². The summed E-state index contributed by atoms with van der Waals surface area (Å²) in [5.74, 6) is 1.38. The molecule has 4 N–H and O–H groups in total. The van der Waals surface area contributed by atoms with E-state index in [0.717, 1.165) is 11.1 Å². The van der Waals surface area contributed by atoms with Crippen molar-refractivity contribution >= 4 is 0 Å². The lowest BCUT2D eigenvalue weighted by Crippen LogP contribution is -2.55. The Kier molecular flexibility index (Phi) is 5.03. The fraction of sp³-hybridized carbons (Fsp3) is 0.400. The molecule has 0 spiro atoms. The Bertz CT molecular complexity index is 807. The Morgan fingerprint density at radius 3 is 2.33 bits per heavy atom. The maximum Gasteiger partial charge on any atom is 0.161 e. The molecule has 7 nitrogen and oxygen atoms in total. The van der Waals surface area contributed by atoms with E-state index in [-0.39, 0.29) is 0 Å². The minimum atomic E-state index is -1.40. The zero-order valence-corrected chi connectivity index (χ0v) is 14.6. The molecule has 0 aromatic heterocycles. The largest absolute Gasteiger partial charge is 0.486 e. The first-order valence-corrected chi connectivity index (χ1v) is 8.89. The van der Waals surface area contributed by atoms with E-state index in [1.807, 2.05) is 36.4 Å². The summed E-state index contributed by atoms with van der Waals surface area (Å²) in [4.78, 5) is 0. The van der Waals surface area contributed by atoms with Gasteiger partial charge in [-0.1, -0.05) is 24.3 Å². The number of fused-ring (bicyclic) bond motifs is 1. The highest BCUT2D eigenvalue weighted by atomic mass is 16.6. The molecule has 144 valence electrons. The van der Waals surface area contributed by atoms with Gasteiger partial charge in [-0.2, -0.15) is 0 Å². The zero-order chi connectivity index (χ0) is 19.0. The van der Waals surface area contributed by atoms with E-state index in [1.54, 1.807) is 6.07 Å². The van der Waals surface area contributed by atoms with Gasteiger partial charge in [-0.15, -0.1) is 0 Å². The van der Waals surface area contributed by atoms with Gasteiger partial charge in [0.2, 0.25) is 0 Å². The van der Waals surface area contributed by atoms with Crippen LogP contribution in [0.4, 0.5) is 0 Å². The summed E-state index contributed by atoms with van der Waals surface area (Å²) in [5, 5.41) is 39.7. The molecule has 2 aliphatic rings. The zero-order valence-electron chi connectivity index (χ0n) is 14.6. The number of aliphatic hydroxyl groups is 4. The van der Waals surface area contributed by atoms with Crippen molar-refractivity contribution in [3.05, 3.63) is 48.0 Å². The van der Waals surface area contributed by atoms with Gasteiger partial charge >= 0.3 is 0 Å². The van der Waals surface area contributed by atoms with Crippen LogP contribution in [-0.2, 0) is 4.74 Å². The van der Waals surface area contributed by atoms with E-state index in [0.29, 0.717) is 30.3 Å². The number of benzene rings is 2. The van der Waals surface area contributed by atoms with Gasteiger partial charge < -0.3 is 34.6 Å². The van der Waals surface area contributed by atoms with E-state index < -0.39 is 37.1 Å². The second-order valence-electron chi connectivity index (χ2n) is 6.73. The monoisotopic (exact) mass is 374 g/mol. The van der Waals surface area contributed by atoms with Crippen LogP contribution in [0.5, 0.6) is 11.5 Å². The quantitative estimate of drug-likeness (QED) is 0.624. The summed E-state index contributed by atoms with van der Waals surface area (Å²) in [6.45, 7) is 0.573. The van der Waals surface area contributed by atoms with E-state index in [9.17, 15) is 20.4 Å². The molecule has 5 unspecified atom stereocenters. The van der Waals surface area contributed by atoms with Crippen LogP contribution in [-0.4, -0.2) is 64.7 Å². The Morgan fingerprint density at radius 2 is 1.56 bits per heavy atom. The van der Waals surface area contributed by atoms with Crippen LogP contribution in [0.1, 0.15) is 11.7 Å². The molecule has 2 aromatic carbocycles. The second kappa shape index (κ2) is 7.46. The summed E-state index contributed by atoms with van der Waals surface area (Å²) in [7, 11) is 0. The first kappa shape index (κ1) is 18.2. The molecular formula is C20H22O7. The number of hydrogen-bond donors (Lipinski definition) is 4. The lowest BCUT2D eigenvalue weighted by Gasteiger charge is -2.40. The highest BCUT2D eigenvalue weighted by molar-refractivity contribution is 5.68. The molecule has 4 rings (SSSR count). The average Bonchev–Trinajstić information content (AvgIpc) is 2.72. The molecule has 2 aliphatic heterocycles. The van der Waals surface area contributed by atoms with Crippen molar-refractivity contribution in [2.75, 3.05) is 19.8 Å².